The van der Waals surface area contributed by atoms with Gasteiger partial charge in [-0.05, 0) is 6.42 Å². The largest absolute Gasteiger partial charge is 0.304 e. The standard InChI is InChI=1S/C10H13N3.C2H6/c1-3-8(2)9-10-12-5-7-13(10)6-4-11-9;1-2/h4-8H,3H2,1-2H3;1-2H3. The molecule has 2 aromatic rings. The second-order valence-electron chi connectivity index (χ2n) is 3.28. The van der Waals surface area contributed by atoms with E-state index >= 15 is 0 Å². The van der Waals surface area contributed by atoms with Crippen LogP contribution in [-0.4, -0.2) is 14.4 Å². The minimum atomic E-state index is 0.478. The van der Waals surface area contributed by atoms with Gasteiger partial charge in [0.2, 0.25) is 0 Å². The van der Waals surface area contributed by atoms with E-state index in [9.17, 15) is 0 Å². The molecule has 3 heteroatoms. The summed E-state index contributed by atoms with van der Waals surface area (Å²) in [5.74, 6) is 0.478. The zero-order valence-corrected chi connectivity index (χ0v) is 9.94. The lowest BCUT2D eigenvalue weighted by Crippen LogP contribution is -1.99. The van der Waals surface area contributed by atoms with E-state index in [0.29, 0.717) is 5.92 Å². The molecule has 2 heterocycles. The Labute approximate surface area is 91.2 Å². The Kier molecular flexibility index (Phi) is 4.28. The monoisotopic (exact) mass is 205 g/mol. The number of aromatic nitrogens is 3. The maximum Gasteiger partial charge on any atom is 0.158 e. The van der Waals surface area contributed by atoms with Crippen LogP contribution in [0.25, 0.3) is 5.65 Å². The van der Waals surface area contributed by atoms with Crippen molar-refractivity contribution in [3.63, 3.8) is 0 Å². The molecule has 0 radical (unpaired) electrons. The molecule has 82 valence electrons. The third-order valence-corrected chi connectivity index (χ3v) is 2.42. The second kappa shape index (κ2) is 5.49. The van der Waals surface area contributed by atoms with Crippen molar-refractivity contribution in [2.24, 2.45) is 0 Å². The van der Waals surface area contributed by atoms with Gasteiger partial charge in [0.15, 0.2) is 5.65 Å². The Morgan fingerprint density at radius 2 is 1.80 bits per heavy atom. The van der Waals surface area contributed by atoms with E-state index in [4.69, 9.17) is 0 Å². The van der Waals surface area contributed by atoms with Crippen LogP contribution in [-0.2, 0) is 0 Å². The minimum Gasteiger partial charge on any atom is -0.304 e. The zero-order valence-electron chi connectivity index (χ0n) is 9.94. The fourth-order valence-electron chi connectivity index (χ4n) is 1.42. The molecule has 1 atom stereocenters. The van der Waals surface area contributed by atoms with E-state index in [-0.39, 0.29) is 0 Å². The van der Waals surface area contributed by atoms with Crippen LogP contribution in [0.4, 0.5) is 0 Å². The second-order valence-corrected chi connectivity index (χ2v) is 3.28. The van der Waals surface area contributed by atoms with Crippen LogP contribution >= 0.6 is 0 Å². The summed E-state index contributed by atoms with van der Waals surface area (Å²) in [6.45, 7) is 8.34. The van der Waals surface area contributed by atoms with Crippen LogP contribution in [0.5, 0.6) is 0 Å². The van der Waals surface area contributed by atoms with Crippen LogP contribution in [0, 0.1) is 0 Å². The molecule has 0 aromatic carbocycles. The lowest BCUT2D eigenvalue weighted by molar-refractivity contribution is 0.707. The van der Waals surface area contributed by atoms with Gasteiger partial charge in [0.25, 0.3) is 0 Å². The molecule has 0 amide bonds. The number of hydrogen-bond acceptors (Lipinski definition) is 2. The van der Waals surface area contributed by atoms with Crippen LogP contribution in [0.1, 0.15) is 45.7 Å². The van der Waals surface area contributed by atoms with Crippen LogP contribution in [0.2, 0.25) is 0 Å². The van der Waals surface area contributed by atoms with E-state index in [1.807, 2.05) is 43.0 Å². The molecule has 0 fully saturated rings. The van der Waals surface area contributed by atoms with Gasteiger partial charge in [-0.25, -0.2) is 4.98 Å². The van der Waals surface area contributed by atoms with Crippen LogP contribution in [0.15, 0.2) is 24.8 Å². The molecule has 2 rings (SSSR count). The third kappa shape index (κ3) is 2.35. The van der Waals surface area contributed by atoms with Crippen molar-refractivity contribution in [2.45, 2.75) is 40.0 Å². The first-order valence-corrected chi connectivity index (χ1v) is 5.60. The number of imidazole rings is 1. The molecular formula is C12H19N3. The van der Waals surface area contributed by atoms with Gasteiger partial charge in [0, 0.05) is 30.7 Å². The summed E-state index contributed by atoms with van der Waals surface area (Å²) in [4.78, 5) is 8.65. The normalized spacial score (nSPS) is 12.0. The molecule has 0 N–H and O–H groups in total. The first kappa shape index (κ1) is 11.7. The lowest BCUT2D eigenvalue weighted by Gasteiger charge is -2.07. The number of rotatable bonds is 2. The number of nitrogens with zero attached hydrogens (tertiary/aromatic N) is 3. The van der Waals surface area contributed by atoms with Crippen molar-refractivity contribution < 1.29 is 0 Å². The molecule has 0 spiro atoms. The first-order chi connectivity index (χ1) is 7.33. The Morgan fingerprint density at radius 3 is 2.40 bits per heavy atom. The van der Waals surface area contributed by atoms with Crippen molar-refractivity contribution in [2.75, 3.05) is 0 Å². The zero-order chi connectivity index (χ0) is 11.3. The van der Waals surface area contributed by atoms with Gasteiger partial charge < -0.3 is 4.40 Å². The Hall–Kier alpha value is -1.38. The highest BCUT2D eigenvalue weighted by Gasteiger charge is 2.09. The maximum absolute atomic E-state index is 4.37. The summed E-state index contributed by atoms with van der Waals surface area (Å²) >= 11 is 0. The summed E-state index contributed by atoms with van der Waals surface area (Å²) in [7, 11) is 0. The number of fused-ring (bicyclic) bond motifs is 1. The third-order valence-electron chi connectivity index (χ3n) is 2.42. The fraction of sp³-hybridized carbons (Fsp3) is 0.500. The summed E-state index contributed by atoms with van der Waals surface area (Å²) in [5, 5.41) is 0. The maximum atomic E-state index is 4.37. The SMILES string of the molecule is CC.CCC(C)c1nccn2ccnc12. The molecule has 0 aliphatic heterocycles. The average molecular weight is 205 g/mol. The molecule has 3 nitrogen and oxygen atoms in total. The van der Waals surface area contributed by atoms with Crippen molar-refractivity contribution in [3.8, 4) is 0 Å². The molecule has 0 aliphatic carbocycles. The summed E-state index contributed by atoms with van der Waals surface area (Å²) in [6, 6.07) is 0. The van der Waals surface area contributed by atoms with Crippen LogP contribution < -0.4 is 0 Å². The Morgan fingerprint density at radius 1 is 1.20 bits per heavy atom. The van der Waals surface area contributed by atoms with Crippen molar-refractivity contribution in [3.05, 3.63) is 30.5 Å². The quantitative estimate of drug-likeness (QED) is 0.753. The van der Waals surface area contributed by atoms with Gasteiger partial charge in [-0.3, -0.25) is 4.98 Å². The predicted molar refractivity (Wildman–Crippen MR) is 63.0 cm³/mol. The van der Waals surface area contributed by atoms with E-state index in [2.05, 4.69) is 23.8 Å². The highest BCUT2D eigenvalue weighted by atomic mass is 15.0. The van der Waals surface area contributed by atoms with E-state index < -0.39 is 0 Å². The van der Waals surface area contributed by atoms with Crippen molar-refractivity contribution in [1.29, 1.82) is 0 Å². The Balaban J connectivity index is 0.000000531. The summed E-state index contributed by atoms with van der Waals surface area (Å²) in [6.07, 6.45) is 8.61. The van der Waals surface area contributed by atoms with Gasteiger partial charge in [-0.15, -0.1) is 0 Å². The molecule has 1 unspecified atom stereocenters. The van der Waals surface area contributed by atoms with E-state index in [1.54, 1.807) is 0 Å². The minimum absolute atomic E-state index is 0.478. The van der Waals surface area contributed by atoms with Gasteiger partial charge in [-0.2, -0.15) is 0 Å². The van der Waals surface area contributed by atoms with Gasteiger partial charge >= 0.3 is 0 Å². The Bertz CT molecular complexity index is 406. The van der Waals surface area contributed by atoms with Crippen molar-refractivity contribution in [1.82, 2.24) is 14.4 Å². The molecule has 0 bridgehead atoms. The highest BCUT2D eigenvalue weighted by Crippen LogP contribution is 2.19. The van der Waals surface area contributed by atoms with Crippen molar-refractivity contribution >= 4 is 5.65 Å². The fourth-order valence-corrected chi connectivity index (χ4v) is 1.42. The highest BCUT2D eigenvalue weighted by molar-refractivity contribution is 5.44. The van der Waals surface area contributed by atoms with Crippen LogP contribution in [0.3, 0.4) is 0 Å². The average Bonchev–Trinajstić information content (AvgIpc) is 2.78. The topological polar surface area (TPSA) is 30.2 Å². The van der Waals surface area contributed by atoms with Gasteiger partial charge in [-0.1, -0.05) is 27.7 Å². The smallest absolute Gasteiger partial charge is 0.158 e. The first-order valence-electron chi connectivity index (χ1n) is 5.60. The van der Waals surface area contributed by atoms with Gasteiger partial charge in [0.05, 0.1) is 5.69 Å². The molecule has 0 aliphatic rings. The molecule has 2 aromatic heterocycles. The summed E-state index contributed by atoms with van der Waals surface area (Å²) in [5.41, 5.74) is 2.08. The lowest BCUT2D eigenvalue weighted by atomic mass is 10.1. The molecular weight excluding hydrogens is 186 g/mol. The molecule has 15 heavy (non-hydrogen) atoms. The van der Waals surface area contributed by atoms with Gasteiger partial charge in [0.1, 0.15) is 0 Å². The molecule has 0 saturated heterocycles. The van der Waals surface area contributed by atoms with E-state index in [0.717, 1.165) is 17.8 Å². The predicted octanol–water partition coefficient (Wildman–Crippen LogP) is 3.27. The van der Waals surface area contributed by atoms with E-state index in [1.165, 1.54) is 0 Å². The number of hydrogen-bond donors (Lipinski definition) is 0. The molecule has 0 saturated carbocycles. The summed E-state index contributed by atoms with van der Waals surface area (Å²) < 4.78 is 2.01.